The highest BCUT2D eigenvalue weighted by molar-refractivity contribution is 5.91. The zero-order valence-electron chi connectivity index (χ0n) is 13.1. The summed E-state index contributed by atoms with van der Waals surface area (Å²) in [4.78, 5) is 22.9. The molecule has 7 nitrogen and oxygen atoms in total. The molecule has 122 valence electrons. The number of carbonyl (C=O) groups excluding carboxylic acids is 2. The summed E-state index contributed by atoms with van der Waals surface area (Å²) in [5.41, 5.74) is 1.13. The average Bonchev–Trinajstić information content (AvgIpc) is 3.08. The fourth-order valence-electron chi connectivity index (χ4n) is 2.04. The van der Waals surface area contributed by atoms with E-state index >= 15 is 0 Å². The van der Waals surface area contributed by atoms with Gasteiger partial charge in [0.25, 0.3) is 5.91 Å². The summed E-state index contributed by atoms with van der Waals surface area (Å²) in [6, 6.07) is 9.47. The van der Waals surface area contributed by atoms with Crippen molar-refractivity contribution in [2.45, 2.75) is 25.7 Å². The average molecular weight is 316 g/mol. The first-order chi connectivity index (χ1) is 11.2. The quantitative estimate of drug-likeness (QED) is 0.592. The number of hydrogen-bond donors (Lipinski definition) is 1. The van der Waals surface area contributed by atoms with Gasteiger partial charge in [0.05, 0.1) is 19.0 Å². The van der Waals surface area contributed by atoms with Gasteiger partial charge in [-0.05, 0) is 25.0 Å². The Morgan fingerprint density at radius 3 is 2.70 bits per heavy atom. The van der Waals surface area contributed by atoms with Gasteiger partial charge in [-0.3, -0.25) is 9.59 Å². The molecule has 2 aromatic rings. The SMILES string of the molecule is COC(=O)CCCCCNC(=O)c1cn(-c2ccccc2)nn1. The second kappa shape index (κ2) is 8.67. The summed E-state index contributed by atoms with van der Waals surface area (Å²) >= 11 is 0. The van der Waals surface area contributed by atoms with Gasteiger partial charge >= 0.3 is 5.97 Å². The van der Waals surface area contributed by atoms with Gasteiger partial charge in [-0.25, -0.2) is 4.68 Å². The normalized spacial score (nSPS) is 10.3. The Hall–Kier alpha value is -2.70. The van der Waals surface area contributed by atoms with Crippen LogP contribution in [-0.2, 0) is 9.53 Å². The minimum absolute atomic E-state index is 0.202. The molecule has 0 bridgehead atoms. The van der Waals surface area contributed by atoms with E-state index in [1.54, 1.807) is 10.9 Å². The molecule has 0 saturated carbocycles. The molecule has 23 heavy (non-hydrogen) atoms. The van der Waals surface area contributed by atoms with E-state index < -0.39 is 0 Å². The standard InChI is InChI=1S/C16H20N4O3/c1-23-15(21)10-6-3-7-11-17-16(22)14-12-20(19-18-14)13-8-4-2-5-9-13/h2,4-5,8-9,12H,3,6-7,10-11H2,1H3,(H,17,22). The Balaban J connectivity index is 1.72. The lowest BCUT2D eigenvalue weighted by Crippen LogP contribution is -2.24. The lowest BCUT2D eigenvalue weighted by Gasteiger charge is -2.03. The number of amides is 1. The summed E-state index contributed by atoms with van der Waals surface area (Å²) in [6.45, 7) is 0.540. The van der Waals surface area contributed by atoms with Crippen LogP contribution in [0.2, 0.25) is 0 Å². The third-order valence-electron chi connectivity index (χ3n) is 3.32. The maximum atomic E-state index is 12.0. The fourth-order valence-corrected chi connectivity index (χ4v) is 2.04. The number of hydrogen-bond acceptors (Lipinski definition) is 5. The van der Waals surface area contributed by atoms with E-state index in [0.717, 1.165) is 24.9 Å². The molecule has 0 unspecified atom stereocenters. The molecule has 0 aliphatic heterocycles. The topological polar surface area (TPSA) is 86.1 Å². The van der Waals surface area contributed by atoms with Crippen LogP contribution in [0.25, 0.3) is 5.69 Å². The number of methoxy groups -OCH3 is 1. The van der Waals surface area contributed by atoms with Crippen LogP contribution in [0.4, 0.5) is 0 Å². The first kappa shape index (κ1) is 16.7. The second-order valence-electron chi connectivity index (χ2n) is 5.03. The molecule has 1 aromatic carbocycles. The number of carbonyl (C=O) groups is 2. The number of rotatable bonds is 8. The number of nitrogens with one attached hydrogen (secondary N) is 1. The van der Waals surface area contributed by atoms with E-state index in [1.807, 2.05) is 30.3 Å². The maximum absolute atomic E-state index is 12.0. The Morgan fingerprint density at radius 2 is 1.96 bits per heavy atom. The number of para-hydroxylation sites is 1. The van der Waals surface area contributed by atoms with Crippen molar-refractivity contribution in [3.05, 3.63) is 42.2 Å². The minimum atomic E-state index is -0.250. The van der Waals surface area contributed by atoms with Gasteiger partial charge < -0.3 is 10.1 Å². The molecule has 0 aliphatic carbocycles. The smallest absolute Gasteiger partial charge is 0.305 e. The monoisotopic (exact) mass is 316 g/mol. The number of esters is 1. The molecule has 0 atom stereocenters. The van der Waals surface area contributed by atoms with Crippen molar-refractivity contribution in [3.8, 4) is 5.69 Å². The van der Waals surface area contributed by atoms with E-state index in [9.17, 15) is 9.59 Å². The molecule has 0 fully saturated rings. The van der Waals surface area contributed by atoms with Gasteiger partial charge in [-0.15, -0.1) is 5.10 Å². The summed E-state index contributed by atoms with van der Waals surface area (Å²) in [5, 5.41) is 10.6. The first-order valence-electron chi connectivity index (χ1n) is 7.53. The van der Waals surface area contributed by atoms with E-state index in [1.165, 1.54) is 7.11 Å². The van der Waals surface area contributed by atoms with Gasteiger partial charge in [0.15, 0.2) is 5.69 Å². The van der Waals surface area contributed by atoms with E-state index in [4.69, 9.17) is 0 Å². The summed E-state index contributed by atoms with van der Waals surface area (Å²) < 4.78 is 6.13. The lowest BCUT2D eigenvalue weighted by molar-refractivity contribution is -0.140. The number of benzene rings is 1. The molecular formula is C16H20N4O3. The van der Waals surface area contributed by atoms with Gasteiger partial charge in [0, 0.05) is 13.0 Å². The summed E-state index contributed by atoms with van der Waals surface area (Å²) in [5.74, 6) is -0.452. The fraction of sp³-hybridized carbons (Fsp3) is 0.375. The molecule has 0 saturated heterocycles. The highest BCUT2D eigenvalue weighted by atomic mass is 16.5. The van der Waals surface area contributed by atoms with Crippen LogP contribution >= 0.6 is 0 Å². The lowest BCUT2D eigenvalue weighted by atomic mass is 10.2. The van der Waals surface area contributed by atoms with Gasteiger partial charge in [-0.1, -0.05) is 29.8 Å². The Labute approximate surface area is 134 Å². The van der Waals surface area contributed by atoms with E-state index in [0.29, 0.717) is 13.0 Å². The zero-order chi connectivity index (χ0) is 16.5. The van der Waals surface area contributed by atoms with Crippen molar-refractivity contribution in [1.82, 2.24) is 20.3 Å². The predicted molar refractivity (Wildman–Crippen MR) is 84.2 cm³/mol. The minimum Gasteiger partial charge on any atom is -0.469 e. The van der Waals surface area contributed by atoms with Gasteiger partial charge in [0.2, 0.25) is 0 Å². The highest BCUT2D eigenvalue weighted by Crippen LogP contribution is 2.06. The van der Waals surface area contributed by atoms with Crippen molar-refractivity contribution >= 4 is 11.9 Å². The number of ether oxygens (including phenoxy) is 1. The third kappa shape index (κ3) is 5.21. The first-order valence-corrected chi connectivity index (χ1v) is 7.53. The molecule has 2 rings (SSSR count). The third-order valence-corrected chi connectivity index (χ3v) is 3.32. The Bertz CT molecular complexity index is 640. The van der Waals surface area contributed by atoms with Crippen LogP contribution in [0.1, 0.15) is 36.2 Å². The van der Waals surface area contributed by atoms with Crippen LogP contribution in [0.5, 0.6) is 0 Å². The molecular weight excluding hydrogens is 296 g/mol. The van der Waals surface area contributed by atoms with Crippen LogP contribution in [-0.4, -0.2) is 40.5 Å². The number of unbranched alkanes of at least 4 members (excludes halogenated alkanes) is 2. The highest BCUT2D eigenvalue weighted by Gasteiger charge is 2.10. The molecule has 0 radical (unpaired) electrons. The molecule has 1 N–H and O–H groups in total. The molecule has 1 amide bonds. The van der Waals surface area contributed by atoms with Crippen LogP contribution < -0.4 is 5.32 Å². The Kier molecular flexibility index (Phi) is 6.28. The van der Waals surface area contributed by atoms with Crippen LogP contribution in [0.15, 0.2) is 36.5 Å². The molecule has 0 aliphatic rings. The molecule has 7 heteroatoms. The largest absolute Gasteiger partial charge is 0.469 e. The van der Waals surface area contributed by atoms with E-state index in [2.05, 4.69) is 20.4 Å². The van der Waals surface area contributed by atoms with E-state index in [-0.39, 0.29) is 17.6 Å². The van der Waals surface area contributed by atoms with Crippen molar-refractivity contribution < 1.29 is 14.3 Å². The number of aromatic nitrogens is 3. The van der Waals surface area contributed by atoms with Crippen molar-refractivity contribution in [2.75, 3.05) is 13.7 Å². The Morgan fingerprint density at radius 1 is 1.17 bits per heavy atom. The van der Waals surface area contributed by atoms with Gasteiger partial charge in [-0.2, -0.15) is 0 Å². The summed E-state index contributed by atoms with van der Waals surface area (Å²) in [7, 11) is 1.38. The molecule has 1 aromatic heterocycles. The zero-order valence-corrected chi connectivity index (χ0v) is 13.1. The summed E-state index contributed by atoms with van der Waals surface area (Å²) in [6.07, 6.45) is 4.42. The molecule has 1 heterocycles. The molecule has 0 spiro atoms. The van der Waals surface area contributed by atoms with Crippen molar-refractivity contribution in [3.63, 3.8) is 0 Å². The van der Waals surface area contributed by atoms with Crippen LogP contribution in [0.3, 0.4) is 0 Å². The number of nitrogens with zero attached hydrogens (tertiary/aromatic N) is 3. The van der Waals surface area contributed by atoms with Crippen molar-refractivity contribution in [1.29, 1.82) is 0 Å². The second-order valence-corrected chi connectivity index (χ2v) is 5.03. The predicted octanol–water partition coefficient (Wildman–Crippen LogP) is 1.73. The van der Waals surface area contributed by atoms with Crippen LogP contribution in [0, 0.1) is 0 Å². The van der Waals surface area contributed by atoms with Gasteiger partial charge in [0.1, 0.15) is 0 Å². The maximum Gasteiger partial charge on any atom is 0.305 e. The van der Waals surface area contributed by atoms with Crippen molar-refractivity contribution in [2.24, 2.45) is 0 Å².